The maximum Gasteiger partial charge on any atom is 0.187 e. The Morgan fingerprint density at radius 1 is 0.409 bits per heavy atom. The lowest BCUT2D eigenvalue weighted by Gasteiger charge is -2.48. The lowest BCUT2D eigenvalue weighted by atomic mass is 9.96. The summed E-state index contributed by atoms with van der Waals surface area (Å²) in [5.74, 6) is 0. The molecule has 0 spiro atoms. The molecule has 0 saturated carbocycles. The third kappa shape index (κ3) is 7.39. The highest BCUT2D eigenvalue weighted by Gasteiger charge is 2.54. The van der Waals surface area contributed by atoms with Gasteiger partial charge in [0.1, 0.15) is 73.2 Å². The van der Waals surface area contributed by atoms with E-state index in [4.69, 9.17) is 37.9 Å². The molecule has 17 heteroatoms. The second-order valence-corrected chi connectivity index (χ2v) is 11.9. The Balaban J connectivity index is 1.47. The SMILES string of the molecule is CCCO[C@@H]1O[C@@H](C)[C@@H](O)[C@@H](O[C@@H]2O[C@@H](C)[C@@H](O)[C@@H](O[C@@H]3O[C@@H](C)[C@@H](O)[C@@H](O[C@@H]4O[C@@H](C)[C@@H](O)[C@@H](O)[C@@H]4O)[C@@H]3O)[C@@H]2O)[C@@H]1O. The quantitative estimate of drug-likeness (QED) is 0.115. The topological polar surface area (TPSA) is 256 Å². The zero-order chi connectivity index (χ0) is 32.6. The van der Waals surface area contributed by atoms with Crippen LogP contribution in [-0.4, -0.2) is 175 Å². The molecule has 17 nitrogen and oxygen atoms in total. The van der Waals surface area contributed by atoms with Crippen LogP contribution in [0.25, 0.3) is 0 Å². The van der Waals surface area contributed by atoms with Crippen LogP contribution in [0.2, 0.25) is 0 Å². The summed E-state index contributed by atoms with van der Waals surface area (Å²) in [5.41, 5.74) is 0. The molecule has 4 rings (SSSR count). The number of rotatable bonds is 9. The van der Waals surface area contributed by atoms with Crippen molar-refractivity contribution >= 4 is 0 Å². The van der Waals surface area contributed by atoms with E-state index in [2.05, 4.69) is 0 Å². The normalized spacial score (nSPS) is 53.9. The second kappa shape index (κ2) is 15.0. The van der Waals surface area contributed by atoms with Gasteiger partial charge >= 0.3 is 0 Å². The van der Waals surface area contributed by atoms with Gasteiger partial charge in [0.2, 0.25) is 0 Å². The van der Waals surface area contributed by atoms with E-state index in [0.717, 1.165) is 0 Å². The predicted molar refractivity (Wildman–Crippen MR) is 142 cm³/mol. The highest BCUT2D eigenvalue weighted by molar-refractivity contribution is 4.96. The summed E-state index contributed by atoms with van der Waals surface area (Å²) in [6, 6.07) is 0. The van der Waals surface area contributed by atoms with Crippen molar-refractivity contribution in [2.75, 3.05) is 6.61 Å². The Morgan fingerprint density at radius 3 is 1.11 bits per heavy atom. The molecular weight excluding hydrogens is 596 g/mol. The van der Waals surface area contributed by atoms with E-state index in [0.29, 0.717) is 6.42 Å². The molecule has 0 bridgehead atoms. The van der Waals surface area contributed by atoms with Crippen LogP contribution in [0.3, 0.4) is 0 Å². The molecule has 4 aliphatic rings. The molecule has 0 aromatic heterocycles. The standard InChI is InChI=1S/C27H48O17/c1-6-7-37-24-18(34)21(13(29)9(3)38-24)43-26-20(36)23(15(31)11(5)40-26)44-27-19(35)22(14(30)10(4)41-27)42-25-17(33)16(32)12(28)8(2)39-25/h8-36H,6-7H2,1-5H3/t8-,9-,10-,11-,12+,13+,14+,15+,16+,17-,18-,19-,20-,21+,22+,23+,24+,25-,26-,27-/m0/s1. The van der Waals surface area contributed by atoms with Gasteiger partial charge in [-0.1, -0.05) is 6.92 Å². The summed E-state index contributed by atoms with van der Waals surface area (Å²) in [6.45, 7) is 8.05. The van der Waals surface area contributed by atoms with Gasteiger partial charge in [-0.3, -0.25) is 0 Å². The van der Waals surface area contributed by atoms with Gasteiger partial charge in [-0.05, 0) is 34.1 Å². The first kappa shape index (κ1) is 36.2. The van der Waals surface area contributed by atoms with Crippen LogP contribution in [0.1, 0.15) is 41.0 Å². The fourth-order valence-corrected chi connectivity index (χ4v) is 5.66. The van der Waals surface area contributed by atoms with Gasteiger partial charge in [-0.2, -0.15) is 0 Å². The zero-order valence-electron chi connectivity index (χ0n) is 25.3. The van der Waals surface area contributed by atoms with Gasteiger partial charge in [-0.25, -0.2) is 0 Å². The second-order valence-electron chi connectivity index (χ2n) is 11.9. The predicted octanol–water partition coefficient (Wildman–Crippen LogP) is -4.20. The van der Waals surface area contributed by atoms with E-state index in [-0.39, 0.29) is 6.61 Å². The van der Waals surface area contributed by atoms with Crippen LogP contribution in [0.4, 0.5) is 0 Å². The summed E-state index contributed by atoms with van der Waals surface area (Å²) in [4.78, 5) is 0. The molecule has 9 N–H and O–H groups in total. The Labute approximate surface area is 254 Å². The van der Waals surface area contributed by atoms with E-state index < -0.39 is 123 Å². The lowest BCUT2D eigenvalue weighted by molar-refractivity contribution is -0.385. The van der Waals surface area contributed by atoms with E-state index in [1.807, 2.05) is 6.92 Å². The highest BCUT2D eigenvalue weighted by Crippen LogP contribution is 2.34. The molecule has 0 unspecified atom stereocenters. The molecule has 0 aromatic rings. The number of hydrogen-bond donors (Lipinski definition) is 9. The van der Waals surface area contributed by atoms with Crippen molar-refractivity contribution in [2.45, 2.75) is 164 Å². The molecule has 4 heterocycles. The molecule has 0 radical (unpaired) electrons. The van der Waals surface area contributed by atoms with Crippen LogP contribution in [0.15, 0.2) is 0 Å². The summed E-state index contributed by atoms with van der Waals surface area (Å²) < 4.78 is 45.1. The molecule has 258 valence electrons. The lowest BCUT2D eigenvalue weighted by Crippen LogP contribution is -2.66. The number of aliphatic hydroxyl groups is 9. The molecule has 4 fully saturated rings. The van der Waals surface area contributed by atoms with Crippen molar-refractivity contribution in [1.82, 2.24) is 0 Å². The Kier molecular flexibility index (Phi) is 12.4. The minimum absolute atomic E-state index is 0.272. The third-order valence-electron chi connectivity index (χ3n) is 8.51. The monoisotopic (exact) mass is 644 g/mol. The summed E-state index contributed by atoms with van der Waals surface area (Å²) >= 11 is 0. The summed E-state index contributed by atoms with van der Waals surface area (Å²) in [5, 5.41) is 95.9. The van der Waals surface area contributed by atoms with Gasteiger partial charge in [0, 0.05) is 6.61 Å². The molecular formula is C27H48O17. The Bertz CT molecular complexity index is 900. The van der Waals surface area contributed by atoms with Crippen molar-refractivity contribution in [2.24, 2.45) is 0 Å². The molecule has 4 saturated heterocycles. The van der Waals surface area contributed by atoms with Crippen LogP contribution in [-0.2, 0) is 37.9 Å². The van der Waals surface area contributed by atoms with Crippen LogP contribution < -0.4 is 0 Å². The van der Waals surface area contributed by atoms with Gasteiger partial charge < -0.3 is 83.9 Å². The van der Waals surface area contributed by atoms with Gasteiger partial charge in [-0.15, -0.1) is 0 Å². The smallest absolute Gasteiger partial charge is 0.187 e. The molecule has 0 aliphatic carbocycles. The average molecular weight is 645 g/mol. The average Bonchev–Trinajstić information content (AvgIpc) is 2.99. The maximum absolute atomic E-state index is 11.2. The minimum atomic E-state index is -1.77. The molecule has 0 aromatic carbocycles. The fourth-order valence-electron chi connectivity index (χ4n) is 5.66. The largest absolute Gasteiger partial charge is 0.388 e. The summed E-state index contributed by atoms with van der Waals surface area (Å²) in [7, 11) is 0. The number of hydrogen-bond acceptors (Lipinski definition) is 17. The number of ether oxygens (including phenoxy) is 8. The van der Waals surface area contributed by atoms with Gasteiger partial charge in [0.15, 0.2) is 25.2 Å². The van der Waals surface area contributed by atoms with Crippen LogP contribution in [0, 0.1) is 0 Å². The first-order valence-corrected chi connectivity index (χ1v) is 15.0. The van der Waals surface area contributed by atoms with Crippen molar-refractivity contribution in [1.29, 1.82) is 0 Å². The Hall–Kier alpha value is -0.680. The first-order valence-electron chi connectivity index (χ1n) is 15.0. The van der Waals surface area contributed by atoms with Gasteiger partial charge in [0.25, 0.3) is 0 Å². The molecule has 4 aliphatic heterocycles. The third-order valence-corrected chi connectivity index (χ3v) is 8.51. The fraction of sp³-hybridized carbons (Fsp3) is 1.00. The van der Waals surface area contributed by atoms with Crippen molar-refractivity contribution < 1.29 is 83.9 Å². The summed E-state index contributed by atoms with van der Waals surface area (Å²) in [6.07, 6.45) is -27.4. The van der Waals surface area contributed by atoms with Crippen LogP contribution >= 0.6 is 0 Å². The van der Waals surface area contributed by atoms with Gasteiger partial charge in [0.05, 0.1) is 24.4 Å². The molecule has 20 atom stereocenters. The minimum Gasteiger partial charge on any atom is -0.388 e. The van der Waals surface area contributed by atoms with E-state index in [1.54, 1.807) is 6.92 Å². The zero-order valence-corrected chi connectivity index (χ0v) is 25.3. The number of aliphatic hydroxyl groups excluding tert-OH is 9. The van der Waals surface area contributed by atoms with Crippen molar-refractivity contribution in [3.05, 3.63) is 0 Å². The van der Waals surface area contributed by atoms with Crippen LogP contribution in [0.5, 0.6) is 0 Å². The van der Waals surface area contributed by atoms with E-state index >= 15 is 0 Å². The van der Waals surface area contributed by atoms with Crippen molar-refractivity contribution in [3.63, 3.8) is 0 Å². The molecule has 44 heavy (non-hydrogen) atoms. The maximum atomic E-state index is 11.2. The van der Waals surface area contributed by atoms with Crippen molar-refractivity contribution in [3.8, 4) is 0 Å². The van der Waals surface area contributed by atoms with E-state index in [1.165, 1.54) is 20.8 Å². The van der Waals surface area contributed by atoms with E-state index in [9.17, 15) is 46.0 Å². The Morgan fingerprint density at radius 2 is 0.727 bits per heavy atom. The highest BCUT2D eigenvalue weighted by atomic mass is 16.8. The molecule has 0 amide bonds. The first-order chi connectivity index (χ1) is 20.7.